The molecule has 6 amide bonds. The number of aromatic nitrogens is 1. The molecule has 1 aromatic heterocycles. The number of esters is 2. The van der Waals surface area contributed by atoms with Gasteiger partial charge in [0, 0.05) is 63.6 Å². The Morgan fingerprint density at radius 1 is 0.949 bits per heavy atom. The number of thiazole rings is 1. The van der Waals surface area contributed by atoms with Crippen LogP contribution in [0, 0.1) is 17.8 Å². The number of phenols is 1. The minimum absolute atomic E-state index is 0.0000572. The van der Waals surface area contributed by atoms with Gasteiger partial charge in [-0.15, -0.1) is 11.3 Å². The number of hydrogen-bond acceptors (Lipinski definition) is 17. The Morgan fingerprint density at radius 2 is 1.65 bits per heavy atom. The van der Waals surface area contributed by atoms with Gasteiger partial charge >= 0.3 is 24.0 Å². The first kappa shape index (κ1) is 66.3. The van der Waals surface area contributed by atoms with Crippen molar-refractivity contribution in [2.45, 2.75) is 137 Å². The Labute approximate surface area is 468 Å². The van der Waals surface area contributed by atoms with E-state index < -0.39 is 84.0 Å². The standard InChI is InChI=1S/C53H79BrN8O15S/c1-10-21-74-23-24-75-22-19-55-44(65)28-37(54)47(67)56-18-17-45(66)77-53(73)59-38-27-35(15-16-42(38)64)26-36(25-33(6)52(71)72)57-48(68)39-30-78-50(58-39)43(76-34(7)63)29-41(31(3)4)62(9)51(70)46(32(5)11-2)60-49(69)40-14-12-13-20-61(40)8/h15-16,27-28,30-33,36,40-41,43,46,64H,10-14,17-26,29H2,1-9H3,(H,55,65)(H,56,67)(H,57,68)(H,59,73)(H,60,69)(H,71,72)/b37-28+/t32-,33?,36+,40+,41+,43+,46-/m0/s1. The zero-order valence-corrected chi connectivity index (χ0v) is 48.6. The van der Waals surface area contributed by atoms with Crippen LogP contribution in [-0.2, 0) is 58.9 Å². The highest BCUT2D eigenvalue weighted by Crippen LogP contribution is 2.32. The summed E-state index contributed by atoms with van der Waals surface area (Å²) in [6.45, 7) is 14.8. The number of benzene rings is 1. The summed E-state index contributed by atoms with van der Waals surface area (Å²) in [6.07, 6.45) is 2.53. The van der Waals surface area contributed by atoms with Gasteiger partial charge in [-0.25, -0.2) is 9.78 Å². The zero-order chi connectivity index (χ0) is 58.1. The van der Waals surface area contributed by atoms with Crippen LogP contribution in [-0.4, -0.2) is 163 Å². The number of carboxylic acids is 1. The van der Waals surface area contributed by atoms with E-state index in [1.807, 2.05) is 46.6 Å². The van der Waals surface area contributed by atoms with Crippen molar-refractivity contribution in [3.05, 3.63) is 50.4 Å². The summed E-state index contributed by atoms with van der Waals surface area (Å²) in [4.78, 5) is 124. The second kappa shape index (κ2) is 34.1. The smallest absolute Gasteiger partial charge is 0.419 e. The summed E-state index contributed by atoms with van der Waals surface area (Å²) in [5.41, 5.74) is 0.207. The number of carbonyl (C=O) groups is 9. The average Bonchev–Trinajstić information content (AvgIpc) is 3.90. The number of ether oxygens (including phenoxy) is 4. The monoisotopic (exact) mass is 1180 g/mol. The number of amides is 6. The fourth-order valence-corrected chi connectivity index (χ4v) is 9.62. The first-order chi connectivity index (χ1) is 36.9. The number of carboxylic acid groups (broad SMARTS) is 1. The van der Waals surface area contributed by atoms with E-state index >= 15 is 0 Å². The lowest BCUT2D eigenvalue weighted by Gasteiger charge is -2.38. The fourth-order valence-electron chi connectivity index (χ4n) is 8.43. The van der Waals surface area contributed by atoms with Crippen LogP contribution in [0.25, 0.3) is 0 Å². The number of aliphatic carboxylic acids is 1. The highest BCUT2D eigenvalue weighted by atomic mass is 79.9. The van der Waals surface area contributed by atoms with Crippen LogP contribution in [0.3, 0.4) is 0 Å². The Hall–Kier alpha value is -6.02. The fraction of sp³-hybridized carbons (Fsp3) is 0.623. The summed E-state index contributed by atoms with van der Waals surface area (Å²) in [5.74, 6) is -6.88. The largest absolute Gasteiger partial charge is 0.506 e. The SMILES string of the molecule is CCCOCCOCCNC(=O)/C=C(/Br)C(=O)NCCC(=O)OC(=O)Nc1cc(C[C@@H](CC(C)C(=O)O)NC(=O)c2csc([C@@H](C[C@H](C(C)C)N(C)C(=O)[C@@H](NC(=O)[C@H]3CCCCN3C)[C@@H](C)CC)OC(C)=O)n2)ccc1O. The summed E-state index contributed by atoms with van der Waals surface area (Å²) in [6, 6.07) is 1.61. The number of phenolic OH excluding ortho intramolecular Hbond substituents is 1. The number of piperidine rings is 1. The first-order valence-electron chi connectivity index (χ1n) is 26.3. The minimum atomic E-state index is -1.26. The molecule has 0 saturated carbocycles. The number of hydrogen-bond donors (Lipinski definition) is 7. The number of halogens is 1. The molecule has 25 heteroatoms. The Kier molecular flexibility index (Phi) is 29.0. The summed E-state index contributed by atoms with van der Waals surface area (Å²) in [7, 11) is 3.57. The predicted octanol–water partition coefficient (Wildman–Crippen LogP) is 5.21. The van der Waals surface area contributed by atoms with Crippen LogP contribution >= 0.6 is 27.3 Å². The highest BCUT2D eigenvalue weighted by Gasteiger charge is 2.37. The molecule has 1 saturated heterocycles. The van der Waals surface area contributed by atoms with Gasteiger partial charge in [-0.1, -0.05) is 60.5 Å². The van der Waals surface area contributed by atoms with Crippen molar-refractivity contribution in [3.63, 3.8) is 0 Å². The molecule has 1 aromatic carbocycles. The predicted molar refractivity (Wildman–Crippen MR) is 293 cm³/mol. The van der Waals surface area contributed by atoms with Crippen molar-refractivity contribution >= 4 is 86.5 Å². The van der Waals surface area contributed by atoms with Gasteiger partial charge in [0.1, 0.15) is 22.5 Å². The lowest BCUT2D eigenvalue weighted by atomic mass is 9.92. The minimum Gasteiger partial charge on any atom is -0.506 e. The summed E-state index contributed by atoms with van der Waals surface area (Å²) < 4.78 is 21.1. The van der Waals surface area contributed by atoms with Crippen molar-refractivity contribution < 1.29 is 72.3 Å². The molecular weight excluding hydrogens is 1100 g/mol. The number of rotatable bonds is 32. The molecule has 23 nitrogen and oxygen atoms in total. The molecule has 1 aliphatic rings. The third-order valence-corrected chi connectivity index (χ3v) is 14.5. The van der Waals surface area contributed by atoms with Crippen LogP contribution in [0.2, 0.25) is 0 Å². The highest BCUT2D eigenvalue weighted by molar-refractivity contribution is 9.12. The topological polar surface area (TPSA) is 311 Å². The van der Waals surface area contributed by atoms with E-state index in [-0.39, 0.29) is 89.5 Å². The van der Waals surface area contributed by atoms with Crippen LogP contribution in [0.1, 0.15) is 127 Å². The van der Waals surface area contributed by atoms with Gasteiger partial charge in [-0.3, -0.25) is 48.6 Å². The lowest BCUT2D eigenvalue weighted by Crippen LogP contribution is -2.58. The van der Waals surface area contributed by atoms with Crippen LogP contribution < -0.4 is 26.6 Å². The Bertz CT molecular complexity index is 2390. The maximum Gasteiger partial charge on any atom is 0.419 e. The molecule has 0 aliphatic carbocycles. The number of nitrogens with one attached hydrogen (secondary N) is 5. The van der Waals surface area contributed by atoms with Gasteiger partial charge in [-0.05, 0) is 91.2 Å². The molecule has 0 bridgehead atoms. The van der Waals surface area contributed by atoms with Crippen LogP contribution in [0.15, 0.2) is 34.1 Å². The van der Waals surface area contributed by atoms with Crippen LogP contribution in [0.5, 0.6) is 5.75 Å². The van der Waals surface area contributed by atoms with E-state index in [1.165, 1.54) is 37.4 Å². The molecular formula is C53H79BrN8O15S. The molecule has 2 aromatic rings. The van der Waals surface area contributed by atoms with E-state index in [9.17, 15) is 53.4 Å². The van der Waals surface area contributed by atoms with E-state index in [2.05, 4.69) is 47.5 Å². The lowest BCUT2D eigenvalue weighted by molar-refractivity contribution is -0.149. The van der Waals surface area contributed by atoms with Gasteiger partial charge in [0.25, 0.3) is 11.8 Å². The quantitative estimate of drug-likeness (QED) is 0.0163. The first-order valence-corrected chi connectivity index (χ1v) is 28.0. The number of anilines is 1. The Balaban J connectivity index is 1.67. The molecule has 1 unspecified atom stereocenters. The number of carbonyl (C=O) groups excluding carboxylic acids is 8. The van der Waals surface area contributed by atoms with Gasteiger partial charge in [0.05, 0.1) is 48.4 Å². The number of aromatic hydroxyl groups is 1. The molecule has 7 atom stereocenters. The third kappa shape index (κ3) is 22.8. The molecule has 0 radical (unpaired) electrons. The van der Waals surface area contributed by atoms with Gasteiger partial charge in [0.2, 0.25) is 17.7 Å². The third-order valence-electron chi connectivity index (χ3n) is 13.0. The van der Waals surface area contributed by atoms with Crippen LogP contribution in [0.4, 0.5) is 10.5 Å². The van der Waals surface area contributed by atoms with E-state index in [1.54, 1.807) is 11.9 Å². The summed E-state index contributed by atoms with van der Waals surface area (Å²) in [5, 5.41) is 35.3. The van der Waals surface area contributed by atoms with E-state index in [0.717, 1.165) is 43.2 Å². The average molecular weight is 1180 g/mol. The molecule has 2 heterocycles. The molecule has 1 fully saturated rings. The van der Waals surface area contributed by atoms with Gasteiger partial charge in [-0.2, -0.15) is 0 Å². The maximum absolute atomic E-state index is 14.3. The number of likely N-dealkylation sites (tertiary alicyclic amines) is 1. The second-order valence-electron chi connectivity index (χ2n) is 19.6. The molecule has 78 heavy (non-hydrogen) atoms. The van der Waals surface area contributed by atoms with E-state index in [0.29, 0.717) is 38.2 Å². The molecule has 434 valence electrons. The molecule has 1 aliphatic heterocycles. The van der Waals surface area contributed by atoms with E-state index in [4.69, 9.17) is 18.9 Å². The maximum atomic E-state index is 14.3. The molecule has 0 spiro atoms. The van der Waals surface area contributed by atoms with Gasteiger partial charge in [0.15, 0.2) is 6.10 Å². The van der Waals surface area contributed by atoms with Crippen molar-refractivity contribution in [1.29, 1.82) is 0 Å². The number of likely N-dealkylation sites (N-methyl/N-ethyl adjacent to an activating group) is 2. The number of nitrogens with zero attached hydrogens (tertiary/aromatic N) is 3. The molecule has 7 N–H and O–H groups in total. The van der Waals surface area contributed by atoms with Crippen molar-refractivity contribution in [1.82, 2.24) is 36.1 Å². The second-order valence-corrected chi connectivity index (χ2v) is 21.4. The van der Waals surface area contributed by atoms with Crippen molar-refractivity contribution in [2.24, 2.45) is 17.8 Å². The van der Waals surface area contributed by atoms with Gasteiger partial charge < -0.3 is 55.3 Å². The normalized spacial score (nSPS) is 16.1. The van der Waals surface area contributed by atoms with Crippen molar-refractivity contribution in [3.8, 4) is 5.75 Å². The summed E-state index contributed by atoms with van der Waals surface area (Å²) >= 11 is 4.08. The van der Waals surface area contributed by atoms with Crippen molar-refractivity contribution in [2.75, 3.05) is 65.5 Å². The molecule has 3 rings (SSSR count). The Morgan fingerprint density at radius 3 is 2.29 bits per heavy atom. The zero-order valence-electron chi connectivity index (χ0n) is 46.1.